The van der Waals surface area contributed by atoms with Crippen molar-refractivity contribution >= 4 is 23.2 Å². The zero-order valence-corrected chi connectivity index (χ0v) is 9.46. The fourth-order valence-electron chi connectivity index (χ4n) is 0.729. The second kappa shape index (κ2) is 2.31. The van der Waals surface area contributed by atoms with Gasteiger partial charge in [0, 0.05) is 0 Å². The van der Waals surface area contributed by atoms with E-state index < -0.39 is 0 Å². The Morgan fingerprint density at radius 1 is 1.25 bits per heavy atom. The minimum absolute atomic E-state index is 0.345. The van der Waals surface area contributed by atoms with E-state index in [1.807, 2.05) is 0 Å². The van der Waals surface area contributed by atoms with E-state index in [2.05, 4.69) is 24.6 Å². The molecule has 44 valence electrons. The number of hydrogen-bond acceptors (Lipinski definition) is 0. The summed E-state index contributed by atoms with van der Waals surface area (Å²) in [5.41, 5.74) is 3.12. The van der Waals surface area contributed by atoms with Crippen molar-refractivity contribution in [1.82, 2.24) is 0 Å². The standard InChI is InChI=1S/C7H10.Bi.H/c1-5-7(4)6(2)3;;/h2H,1,3-4H3;;. The molecule has 1 aliphatic rings. The summed E-state index contributed by atoms with van der Waals surface area (Å²) in [4.78, 5) is 0. The molecule has 0 aliphatic carbocycles. The van der Waals surface area contributed by atoms with Crippen molar-refractivity contribution in [1.29, 1.82) is 0 Å². The summed E-state index contributed by atoms with van der Waals surface area (Å²) in [6.45, 7) is 6.74. The SMILES string of the molecule is CC1=[CH][BiH][C](C)=C1C. The summed E-state index contributed by atoms with van der Waals surface area (Å²) in [7, 11) is 0. The number of hydrogen-bond donors (Lipinski definition) is 0. The minimum atomic E-state index is -0.345. The zero-order valence-electron chi connectivity index (χ0n) is 5.58. The molecule has 0 N–H and O–H groups in total. The molecule has 1 heterocycles. The van der Waals surface area contributed by atoms with Crippen LogP contribution in [0.3, 0.4) is 0 Å². The molecule has 0 amide bonds. The summed E-state index contributed by atoms with van der Waals surface area (Å²) < 4.78 is 4.20. The van der Waals surface area contributed by atoms with Gasteiger partial charge >= 0.3 is 62.2 Å². The van der Waals surface area contributed by atoms with Gasteiger partial charge in [-0.2, -0.15) is 0 Å². The molecule has 0 fully saturated rings. The van der Waals surface area contributed by atoms with Gasteiger partial charge in [0.05, 0.1) is 0 Å². The van der Waals surface area contributed by atoms with E-state index in [1.54, 1.807) is 14.4 Å². The van der Waals surface area contributed by atoms with Crippen LogP contribution < -0.4 is 0 Å². The molecule has 0 aromatic heterocycles. The Morgan fingerprint density at radius 3 is 2.00 bits per heavy atom. The maximum atomic E-state index is 2.48. The topological polar surface area (TPSA) is 0 Å². The Hall–Kier alpha value is 0.363. The van der Waals surface area contributed by atoms with Crippen molar-refractivity contribution in [2.45, 2.75) is 20.8 Å². The first-order chi connectivity index (χ1) is 3.72. The van der Waals surface area contributed by atoms with E-state index in [4.69, 9.17) is 0 Å². The van der Waals surface area contributed by atoms with Gasteiger partial charge in [-0.25, -0.2) is 0 Å². The molecule has 0 spiro atoms. The summed E-state index contributed by atoms with van der Waals surface area (Å²) >= 11 is -0.345. The van der Waals surface area contributed by atoms with Gasteiger partial charge in [-0.3, -0.25) is 0 Å². The molecule has 0 aromatic rings. The van der Waals surface area contributed by atoms with Crippen LogP contribution in [-0.4, -0.2) is 23.2 Å². The van der Waals surface area contributed by atoms with Gasteiger partial charge in [-0.15, -0.1) is 0 Å². The van der Waals surface area contributed by atoms with Gasteiger partial charge in [-0.1, -0.05) is 0 Å². The second-order valence-electron chi connectivity index (χ2n) is 2.22. The van der Waals surface area contributed by atoms with Crippen LogP contribution in [0.25, 0.3) is 0 Å². The number of rotatable bonds is 0. The number of allylic oxidation sites excluding steroid dienone is 3. The Balaban J connectivity index is 2.88. The normalized spacial score (nSPS) is 19.6. The van der Waals surface area contributed by atoms with Gasteiger partial charge < -0.3 is 0 Å². The maximum absolute atomic E-state index is 2.48. The van der Waals surface area contributed by atoms with E-state index in [-0.39, 0.29) is 23.2 Å². The molecular weight excluding hydrogens is 293 g/mol. The third-order valence-electron chi connectivity index (χ3n) is 1.66. The van der Waals surface area contributed by atoms with Gasteiger partial charge in [0.2, 0.25) is 0 Å². The van der Waals surface area contributed by atoms with Gasteiger partial charge in [0.15, 0.2) is 0 Å². The molecule has 0 saturated carbocycles. The molecule has 1 aliphatic heterocycles. The molecule has 0 radical (unpaired) electrons. The van der Waals surface area contributed by atoms with Crippen LogP contribution in [0.15, 0.2) is 18.2 Å². The van der Waals surface area contributed by atoms with E-state index in [9.17, 15) is 0 Å². The van der Waals surface area contributed by atoms with Crippen molar-refractivity contribution < 1.29 is 0 Å². The fraction of sp³-hybridized carbons (Fsp3) is 0.429. The van der Waals surface area contributed by atoms with Gasteiger partial charge in [-0.05, 0) is 0 Å². The van der Waals surface area contributed by atoms with E-state index in [0.717, 1.165) is 0 Å². The van der Waals surface area contributed by atoms with Crippen LogP contribution in [0.2, 0.25) is 0 Å². The molecule has 1 rings (SSSR count). The first-order valence-corrected chi connectivity index (χ1v) is 7.02. The zero-order chi connectivity index (χ0) is 6.15. The quantitative estimate of drug-likeness (QED) is 0.597. The fourth-order valence-corrected chi connectivity index (χ4v) is 4.86. The molecule has 0 atom stereocenters. The molecule has 0 bridgehead atoms. The summed E-state index contributed by atoms with van der Waals surface area (Å²) in [6.07, 6.45) is 0. The predicted octanol–water partition coefficient (Wildman–Crippen LogP) is 1.63. The third kappa shape index (κ3) is 1.02. The van der Waals surface area contributed by atoms with E-state index in [1.165, 1.54) is 0 Å². The summed E-state index contributed by atoms with van der Waals surface area (Å²) in [6, 6.07) is 0. The van der Waals surface area contributed by atoms with Gasteiger partial charge in [0.25, 0.3) is 0 Å². The van der Waals surface area contributed by atoms with Crippen molar-refractivity contribution in [3.05, 3.63) is 18.2 Å². The molecule has 0 aromatic carbocycles. The first kappa shape index (κ1) is 6.48. The summed E-state index contributed by atoms with van der Waals surface area (Å²) in [5, 5.41) is 0. The van der Waals surface area contributed by atoms with Gasteiger partial charge in [0.1, 0.15) is 0 Å². The molecule has 8 heavy (non-hydrogen) atoms. The molecular formula is C7H11Bi. The Kier molecular flexibility index (Phi) is 1.87. The van der Waals surface area contributed by atoms with Crippen molar-refractivity contribution in [3.63, 3.8) is 0 Å². The summed E-state index contributed by atoms with van der Waals surface area (Å²) in [5.74, 6) is 0. The van der Waals surface area contributed by atoms with Crippen LogP contribution in [0, 0.1) is 0 Å². The average Bonchev–Trinajstić information content (AvgIpc) is 1.98. The van der Waals surface area contributed by atoms with E-state index in [0.29, 0.717) is 0 Å². The first-order valence-electron chi connectivity index (χ1n) is 2.83. The second-order valence-corrected chi connectivity index (χ2v) is 7.38. The average molecular weight is 304 g/mol. The predicted molar refractivity (Wildman–Crippen MR) is 39.3 cm³/mol. The van der Waals surface area contributed by atoms with Crippen molar-refractivity contribution in [3.8, 4) is 0 Å². The molecule has 1 heteroatoms. The van der Waals surface area contributed by atoms with Crippen LogP contribution >= 0.6 is 0 Å². The third-order valence-corrected chi connectivity index (χ3v) is 7.04. The van der Waals surface area contributed by atoms with Crippen LogP contribution in [-0.2, 0) is 0 Å². The molecule has 0 unspecified atom stereocenters. The Labute approximate surface area is 62.2 Å². The Bertz CT molecular complexity index is 158. The monoisotopic (exact) mass is 304 g/mol. The molecule has 0 saturated heterocycles. The van der Waals surface area contributed by atoms with Crippen molar-refractivity contribution in [2.24, 2.45) is 0 Å². The van der Waals surface area contributed by atoms with E-state index >= 15 is 0 Å². The van der Waals surface area contributed by atoms with Crippen LogP contribution in [0.1, 0.15) is 20.8 Å². The Morgan fingerprint density at radius 2 is 1.88 bits per heavy atom. The van der Waals surface area contributed by atoms with Crippen molar-refractivity contribution in [2.75, 3.05) is 0 Å². The van der Waals surface area contributed by atoms with Crippen LogP contribution in [0.5, 0.6) is 0 Å². The van der Waals surface area contributed by atoms with Crippen LogP contribution in [0.4, 0.5) is 0 Å². The molecule has 0 nitrogen and oxygen atoms in total.